The number of pyridine rings is 1. The number of aromatic nitrogens is 1. The van der Waals surface area contributed by atoms with Gasteiger partial charge in [0.25, 0.3) is 0 Å². The largest absolute Gasteiger partial charge is 0.473 e. The summed E-state index contributed by atoms with van der Waals surface area (Å²) in [5.41, 5.74) is 1.87. The lowest BCUT2D eigenvalue weighted by atomic mass is 10.1. The van der Waals surface area contributed by atoms with E-state index >= 15 is 0 Å². The monoisotopic (exact) mass is 366 g/mol. The second-order valence-electron chi connectivity index (χ2n) is 6.52. The third kappa shape index (κ3) is 5.30. The zero-order chi connectivity index (χ0) is 17.7. The van der Waals surface area contributed by atoms with E-state index in [1.54, 1.807) is 6.07 Å². The molecule has 0 saturated heterocycles. The highest BCUT2D eigenvalue weighted by Crippen LogP contribution is 2.27. The quantitative estimate of drug-likeness (QED) is 0.769. The van der Waals surface area contributed by atoms with Gasteiger partial charge in [-0.2, -0.15) is 0 Å². The van der Waals surface area contributed by atoms with Crippen LogP contribution in [0.5, 0.6) is 5.88 Å². The van der Waals surface area contributed by atoms with Gasteiger partial charge in [0.2, 0.25) is 5.88 Å². The van der Waals surface area contributed by atoms with Gasteiger partial charge in [0, 0.05) is 11.6 Å². The molecule has 0 aliphatic carbocycles. The maximum atomic E-state index is 12.3. The number of halogens is 1. The third-order valence-corrected chi connectivity index (χ3v) is 5.27. The van der Waals surface area contributed by atoms with Crippen LogP contribution in [-0.4, -0.2) is 13.9 Å². The molecule has 1 unspecified atom stereocenters. The van der Waals surface area contributed by atoms with Crippen molar-refractivity contribution in [3.8, 4) is 5.88 Å². The molecule has 1 heterocycles. The van der Waals surface area contributed by atoms with Gasteiger partial charge in [-0.15, -0.1) is 0 Å². The Kier molecular flexibility index (Phi) is 6.38. The average molecular weight is 367 g/mol. The molecule has 2 atom stereocenters. The first kappa shape index (κ1) is 18.9. The zero-order valence-corrected chi connectivity index (χ0v) is 15.9. The minimum atomic E-state index is -1.19. The summed E-state index contributed by atoms with van der Waals surface area (Å²) in [6.45, 7) is 8.11. The van der Waals surface area contributed by atoms with Gasteiger partial charge in [-0.3, -0.25) is 0 Å². The smallest absolute Gasteiger partial charge is 0.219 e. The number of rotatable bonds is 6. The molecule has 1 aromatic carbocycles. The van der Waals surface area contributed by atoms with Crippen LogP contribution < -0.4 is 9.46 Å². The summed E-state index contributed by atoms with van der Waals surface area (Å²) in [4.78, 5) is 4.28. The maximum Gasteiger partial charge on any atom is 0.219 e. The molecule has 0 bridgehead atoms. The molecule has 0 saturated carbocycles. The van der Waals surface area contributed by atoms with Crippen LogP contribution in [0.3, 0.4) is 0 Å². The lowest BCUT2D eigenvalue weighted by molar-refractivity contribution is 0.288. The van der Waals surface area contributed by atoms with Gasteiger partial charge >= 0.3 is 0 Å². The van der Waals surface area contributed by atoms with Crippen LogP contribution >= 0.6 is 11.6 Å². The molecule has 0 spiro atoms. The summed E-state index contributed by atoms with van der Waals surface area (Å²) in [6, 6.07) is 13.2. The van der Waals surface area contributed by atoms with Crippen molar-refractivity contribution in [2.24, 2.45) is 0 Å². The number of nitrogens with zero attached hydrogens (tertiary/aromatic N) is 1. The minimum Gasteiger partial charge on any atom is -0.473 e. The first-order chi connectivity index (χ1) is 11.3. The number of hydrogen-bond acceptors (Lipinski definition) is 3. The van der Waals surface area contributed by atoms with E-state index in [-0.39, 0.29) is 10.8 Å². The Labute approximate surface area is 151 Å². The van der Waals surface area contributed by atoms with E-state index in [0.29, 0.717) is 17.6 Å². The van der Waals surface area contributed by atoms with Crippen LogP contribution in [-0.2, 0) is 17.6 Å². The molecule has 0 radical (unpaired) electrons. The first-order valence-corrected chi connectivity index (χ1v) is 9.31. The number of hydrogen-bond donors (Lipinski definition) is 1. The number of nitrogens with one attached hydrogen (secondary N) is 1. The first-order valence-electron chi connectivity index (χ1n) is 7.78. The summed E-state index contributed by atoms with van der Waals surface area (Å²) >= 11 is 6.01. The van der Waals surface area contributed by atoms with Crippen molar-refractivity contribution in [2.45, 2.75) is 45.1 Å². The Bertz CT molecular complexity index is 702. The molecular formula is C18H23ClN2O2S. The van der Waals surface area contributed by atoms with Crippen LogP contribution in [0.15, 0.2) is 42.5 Å². The van der Waals surface area contributed by atoms with E-state index < -0.39 is 11.0 Å². The van der Waals surface area contributed by atoms with Crippen LogP contribution in [0.1, 0.15) is 44.9 Å². The van der Waals surface area contributed by atoms with Crippen LogP contribution in [0.2, 0.25) is 5.15 Å². The molecule has 1 aromatic heterocycles. The highest BCUT2D eigenvalue weighted by atomic mass is 35.5. The van der Waals surface area contributed by atoms with Crippen LogP contribution in [0, 0.1) is 0 Å². The Balaban J connectivity index is 2.16. The molecular weight excluding hydrogens is 344 g/mol. The summed E-state index contributed by atoms with van der Waals surface area (Å²) < 4.78 is 20.9. The Morgan fingerprint density at radius 1 is 1.21 bits per heavy atom. The van der Waals surface area contributed by atoms with Gasteiger partial charge in [0.1, 0.15) is 11.8 Å². The lowest BCUT2D eigenvalue weighted by Crippen LogP contribution is -2.35. The van der Waals surface area contributed by atoms with Crippen LogP contribution in [0.4, 0.5) is 0 Å². The second kappa shape index (κ2) is 8.10. The molecule has 0 amide bonds. The molecule has 0 aliphatic rings. The second-order valence-corrected chi connectivity index (χ2v) is 8.91. The fourth-order valence-electron chi connectivity index (χ4n) is 2.00. The van der Waals surface area contributed by atoms with Crippen molar-refractivity contribution in [3.63, 3.8) is 0 Å². The van der Waals surface area contributed by atoms with Crippen molar-refractivity contribution in [1.82, 2.24) is 9.71 Å². The molecule has 130 valence electrons. The fraction of sp³-hybridized carbons (Fsp3) is 0.389. The van der Waals surface area contributed by atoms with Crippen molar-refractivity contribution >= 4 is 22.6 Å². The summed E-state index contributed by atoms with van der Waals surface area (Å²) in [5, 5.41) is 0.367. The molecule has 0 aliphatic heterocycles. The predicted octanol–water partition coefficient (Wildman–Crippen LogP) is 4.43. The fourth-order valence-corrected chi connectivity index (χ4v) is 2.94. The van der Waals surface area contributed by atoms with E-state index in [4.69, 9.17) is 16.3 Å². The number of benzene rings is 1. The van der Waals surface area contributed by atoms with Gasteiger partial charge < -0.3 is 4.74 Å². The topological polar surface area (TPSA) is 51.2 Å². The maximum absolute atomic E-state index is 12.3. The van der Waals surface area contributed by atoms with E-state index in [1.807, 2.05) is 64.1 Å². The molecule has 24 heavy (non-hydrogen) atoms. The van der Waals surface area contributed by atoms with E-state index in [9.17, 15) is 4.21 Å². The Hall–Kier alpha value is -1.43. The highest BCUT2D eigenvalue weighted by Gasteiger charge is 2.23. The normalized spacial score (nSPS) is 14.2. The molecule has 0 fully saturated rings. The van der Waals surface area contributed by atoms with E-state index in [0.717, 1.165) is 11.1 Å². The standard InChI is InChI=1S/C18H23ClN2O2S/c1-13(21-24(22)18(2,3)4)15-10-11-16(19)20-17(15)23-12-14-8-6-5-7-9-14/h5-11,13,21H,12H2,1-4H3/t13-,24?/m0/s1. The predicted molar refractivity (Wildman–Crippen MR) is 99.5 cm³/mol. The highest BCUT2D eigenvalue weighted by molar-refractivity contribution is 7.84. The molecule has 2 aromatic rings. The Morgan fingerprint density at radius 3 is 2.50 bits per heavy atom. The molecule has 2 rings (SSSR count). The van der Waals surface area contributed by atoms with E-state index in [1.165, 1.54) is 0 Å². The van der Waals surface area contributed by atoms with Gasteiger partial charge in [-0.1, -0.05) is 41.9 Å². The summed E-state index contributed by atoms with van der Waals surface area (Å²) in [6.07, 6.45) is 0. The van der Waals surface area contributed by atoms with Crippen molar-refractivity contribution in [2.75, 3.05) is 0 Å². The van der Waals surface area contributed by atoms with Crippen molar-refractivity contribution in [3.05, 3.63) is 58.7 Å². The Morgan fingerprint density at radius 2 is 1.88 bits per heavy atom. The van der Waals surface area contributed by atoms with Crippen molar-refractivity contribution in [1.29, 1.82) is 0 Å². The molecule has 4 nitrogen and oxygen atoms in total. The lowest BCUT2D eigenvalue weighted by Gasteiger charge is -2.23. The van der Waals surface area contributed by atoms with Gasteiger partial charge in [-0.25, -0.2) is 13.9 Å². The summed E-state index contributed by atoms with van der Waals surface area (Å²) in [7, 11) is -1.19. The number of ether oxygens (including phenoxy) is 1. The zero-order valence-electron chi connectivity index (χ0n) is 14.4. The molecule has 1 N–H and O–H groups in total. The van der Waals surface area contributed by atoms with Gasteiger partial charge in [-0.05, 0) is 45.4 Å². The van der Waals surface area contributed by atoms with Crippen molar-refractivity contribution < 1.29 is 8.95 Å². The van der Waals surface area contributed by atoms with Gasteiger partial charge in [0.15, 0.2) is 0 Å². The summed E-state index contributed by atoms with van der Waals surface area (Å²) in [5.74, 6) is 0.456. The molecule has 6 heteroatoms. The minimum absolute atomic E-state index is 0.180. The SMILES string of the molecule is C[C@H](NS(=O)C(C)(C)C)c1ccc(Cl)nc1OCc1ccccc1. The van der Waals surface area contributed by atoms with Gasteiger partial charge in [0.05, 0.1) is 15.7 Å². The van der Waals surface area contributed by atoms with Crippen LogP contribution in [0.25, 0.3) is 0 Å². The average Bonchev–Trinajstić information content (AvgIpc) is 2.53. The van der Waals surface area contributed by atoms with E-state index in [2.05, 4.69) is 9.71 Å². The third-order valence-electron chi connectivity index (χ3n) is 3.38.